The highest BCUT2D eigenvalue weighted by Crippen LogP contribution is 2.35. The number of fused-ring (bicyclic) bond motifs is 1. The second-order valence-corrected chi connectivity index (χ2v) is 5.11. The van der Waals surface area contributed by atoms with Crippen LogP contribution in [-0.2, 0) is 9.53 Å². The predicted octanol–water partition coefficient (Wildman–Crippen LogP) is 4.25. The molecule has 21 heavy (non-hydrogen) atoms. The maximum absolute atomic E-state index is 11.9. The maximum Gasteiger partial charge on any atom is 0.338 e. The Balaban J connectivity index is 2.70. The fourth-order valence-electron chi connectivity index (χ4n) is 1.92. The van der Waals surface area contributed by atoms with Gasteiger partial charge < -0.3 is 9.47 Å². The van der Waals surface area contributed by atoms with E-state index in [1.807, 2.05) is 0 Å². The van der Waals surface area contributed by atoms with Crippen molar-refractivity contribution < 1.29 is 19.1 Å². The molecule has 0 aromatic heterocycles. The van der Waals surface area contributed by atoms with Crippen LogP contribution < -0.4 is 4.74 Å². The third kappa shape index (κ3) is 3.46. The highest BCUT2D eigenvalue weighted by atomic mass is 35.5. The molecule has 2 rings (SSSR count). The van der Waals surface area contributed by atoms with Crippen LogP contribution >= 0.6 is 23.2 Å². The van der Waals surface area contributed by atoms with E-state index in [1.54, 1.807) is 25.1 Å². The number of carbonyl (C=O) groups excluding carboxylic acids is 2. The molecule has 0 heterocycles. The van der Waals surface area contributed by atoms with Gasteiger partial charge in [-0.15, -0.1) is 0 Å². The quantitative estimate of drug-likeness (QED) is 0.625. The minimum atomic E-state index is -0.515. The largest absolute Gasteiger partial charge is 0.462 e. The summed E-state index contributed by atoms with van der Waals surface area (Å²) in [5.74, 6) is -0.806. The molecule has 2 aromatic carbocycles. The third-order valence-electron chi connectivity index (χ3n) is 2.71. The molecule has 0 N–H and O–H groups in total. The van der Waals surface area contributed by atoms with Crippen molar-refractivity contribution in [3.63, 3.8) is 0 Å². The first-order valence-electron chi connectivity index (χ1n) is 6.20. The summed E-state index contributed by atoms with van der Waals surface area (Å²) in [6, 6.07) is 6.20. The molecule has 0 saturated carbocycles. The van der Waals surface area contributed by atoms with Crippen LogP contribution in [-0.4, -0.2) is 18.5 Å². The predicted molar refractivity (Wildman–Crippen MR) is 81.2 cm³/mol. The van der Waals surface area contributed by atoms with Crippen LogP contribution in [0.5, 0.6) is 5.75 Å². The van der Waals surface area contributed by atoms with Crippen LogP contribution in [0.25, 0.3) is 10.8 Å². The van der Waals surface area contributed by atoms with E-state index >= 15 is 0 Å². The highest BCUT2D eigenvalue weighted by Gasteiger charge is 2.15. The van der Waals surface area contributed by atoms with Crippen LogP contribution in [0.3, 0.4) is 0 Å². The molecule has 0 saturated heterocycles. The number of carbonyl (C=O) groups is 2. The Labute approximate surface area is 131 Å². The molecule has 0 aliphatic heterocycles. The van der Waals surface area contributed by atoms with Crippen molar-refractivity contribution in [1.29, 1.82) is 0 Å². The first-order chi connectivity index (χ1) is 9.92. The summed E-state index contributed by atoms with van der Waals surface area (Å²) in [6.07, 6.45) is 0. The Morgan fingerprint density at radius 1 is 1.10 bits per heavy atom. The van der Waals surface area contributed by atoms with Crippen LogP contribution in [0.1, 0.15) is 24.2 Å². The molecule has 0 bridgehead atoms. The lowest BCUT2D eigenvalue weighted by Crippen LogP contribution is -2.07. The van der Waals surface area contributed by atoms with Gasteiger partial charge in [0, 0.05) is 22.7 Å². The highest BCUT2D eigenvalue weighted by molar-refractivity contribution is 6.39. The van der Waals surface area contributed by atoms with Crippen molar-refractivity contribution in [1.82, 2.24) is 0 Å². The van der Waals surface area contributed by atoms with Crippen molar-refractivity contribution in [2.75, 3.05) is 6.61 Å². The van der Waals surface area contributed by atoms with Gasteiger partial charge in [-0.05, 0) is 31.2 Å². The summed E-state index contributed by atoms with van der Waals surface area (Å²) in [7, 11) is 0. The van der Waals surface area contributed by atoms with E-state index in [9.17, 15) is 9.59 Å². The Bertz CT molecular complexity index is 725. The fraction of sp³-hybridized carbons (Fsp3) is 0.200. The Morgan fingerprint density at radius 2 is 1.81 bits per heavy atom. The van der Waals surface area contributed by atoms with Gasteiger partial charge in [0.25, 0.3) is 0 Å². The van der Waals surface area contributed by atoms with Crippen molar-refractivity contribution in [3.8, 4) is 5.75 Å². The maximum atomic E-state index is 11.9. The topological polar surface area (TPSA) is 52.6 Å². The Kier molecular flexibility index (Phi) is 4.70. The average Bonchev–Trinajstić information content (AvgIpc) is 2.39. The lowest BCUT2D eigenvalue weighted by atomic mass is 10.1. The number of rotatable bonds is 3. The molecule has 2 aromatic rings. The van der Waals surface area contributed by atoms with E-state index in [4.69, 9.17) is 32.7 Å². The molecule has 6 heteroatoms. The summed E-state index contributed by atoms with van der Waals surface area (Å²) in [6.45, 7) is 3.22. The summed E-state index contributed by atoms with van der Waals surface area (Å²) in [4.78, 5) is 23.1. The molecule has 0 radical (unpaired) electrons. The van der Waals surface area contributed by atoms with Crippen LogP contribution in [0.2, 0.25) is 10.0 Å². The van der Waals surface area contributed by atoms with E-state index in [2.05, 4.69) is 0 Å². The summed E-state index contributed by atoms with van der Waals surface area (Å²) < 4.78 is 10.1. The van der Waals surface area contributed by atoms with Gasteiger partial charge in [-0.2, -0.15) is 0 Å². The molecule has 4 nitrogen and oxygen atoms in total. The zero-order valence-electron chi connectivity index (χ0n) is 11.4. The zero-order valence-corrected chi connectivity index (χ0v) is 12.9. The Hall–Kier alpha value is -1.78. The number of halogens is 2. The van der Waals surface area contributed by atoms with E-state index in [0.29, 0.717) is 20.8 Å². The first kappa shape index (κ1) is 15.6. The lowest BCUT2D eigenvalue weighted by molar-refractivity contribution is -0.131. The van der Waals surface area contributed by atoms with Crippen molar-refractivity contribution >= 4 is 45.9 Å². The number of ether oxygens (including phenoxy) is 2. The molecule has 110 valence electrons. The minimum Gasteiger partial charge on any atom is -0.462 e. The number of esters is 2. The van der Waals surface area contributed by atoms with E-state index in [0.717, 1.165) is 0 Å². The van der Waals surface area contributed by atoms with Gasteiger partial charge in [0.2, 0.25) is 0 Å². The number of hydrogen-bond acceptors (Lipinski definition) is 4. The normalized spacial score (nSPS) is 10.5. The van der Waals surface area contributed by atoms with Crippen LogP contribution in [0.4, 0.5) is 0 Å². The molecule has 0 unspecified atom stereocenters. The van der Waals surface area contributed by atoms with Crippen molar-refractivity contribution in [2.45, 2.75) is 13.8 Å². The summed E-state index contributed by atoms with van der Waals surface area (Å²) in [5.41, 5.74) is 0.254. The summed E-state index contributed by atoms with van der Waals surface area (Å²) in [5, 5.41) is 1.88. The Morgan fingerprint density at radius 3 is 2.43 bits per heavy atom. The minimum absolute atomic E-state index is 0.215. The lowest BCUT2D eigenvalue weighted by Gasteiger charge is -2.11. The zero-order chi connectivity index (χ0) is 15.6. The first-order valence-corrected chi connectivity index (χ1v) is 6.96. The van der Waals surface area contributed by atoms with Gasteiger partial charge in [0.1, 0.15) is 5.75 Å². The smallest absolute Gasteiger partial charge is 0.338 e. The molecular weight excluding hydrogens is 315 g/mol. The van der Waals surface area contributed by atoms with Gasteiger partial charge in [-0.1, -0.05) is 23.2 Å². The van der Waals surface area contributed by atoms with Gasteiger partial charge in [0.05, 0.1) is 17.2 Å². The van der Waals surface area contributed by atoms with Gasteiger partial charge in [-0.25, -0.2) is 4.79 Å². The van der Waals surface area contributed by atoms with Gasteiger partial charge >= 0.3 is 11.9 Å². The van der Waals surface area contributed by atoms with Crippen molar-refractivity contribution in [3.05, 3.63) is 39.9 Å². The molecule has 0 fully saturated rings. The van der Waals surface area contributed by atoms with E-state index < -0.39 is 11.9 Å². The second-order valence-electron chi connectivity index (χ2n) is 4.27. The monoisotopic (exact) mass is 326 g/mol. The molecule has 0 aliphatic carbocycles. The fourth-order valence-corrected chi connectivity index (χ4v) is 2.47. The molecule has 0 amide bonds. The average molecular weight is 327 g/mol. The molecule has 0 aliphatic rings. The molecular formula is C15H12Cl2O4. The standard InChI is InChI=1S/C15H12Cl2O4/c1-3-20-15(19)9-4-11-12(6-10(16)7-13(11)17)14(5-9)21-8(2)18/h4-7H,3H2,1-2H3. The van der Waals surface area contributed by atoms with Crippen LogP contribution in [0.15, 0.2) is 24.3 Å². The number of benzene rings is 2. The molecule has 0 atom stereocenters. The third-order valence-corrected chi connectivity index (χ3v) is 3.24. The van der Waals surface area contributed by atoms with E-state index in [1.165, 1.54) is 13.0 Å². The van der Waals surface area contributed by atoms with E-state index in [-0.39, 0.29) is 17.9 Å². The SMILES string of the molecule is CCOC(=O)c1cc(OC(C)=O)c2cc(Cl)cc(Cl)c2c1. The van der Waals surface area contributed by atoms with Crippen molar-refractivity contribution in [2.24, 2.45) is 0 Å². The van der Waals surface area contributed by atoms with Crippen LogP contribution in [0, 0.1) is 0 Å². The molecule has 0 spiro atoms. The second kappa shape index (κ2) is 6.33. The van der Waals surface area contributed by atoms with Gasteiger partial charge in [-0.3, -0.25) is 4.79 Å². The summed E-state index contributed by atoms with van der Waals surface area (Å²) >= 11 is 12.1. The number of hydrogen-bond donors (Lipinski definition) is 0. The van der Waals surface area contributed by atoms with Gasteiger partial charge in [0.15, 0.2) is 0 Å².